The van der Waals surface area contributed by atoms with Gasteiger partial charge in [0.05, 0.1) is 10.7 Å². The van der Waals surface area contributed by atoms with Crippen molar-refractivity contribution >= 4 is 29.2 Å². The normalized spacial score (nSPS) is 9.89. The van der Waals surface area contributed by atoms with Crippen LogP contribution in [0.25, 0.3) is 0 Å². The number of halogens is 1. The van der Waals surface area contributed by atoms with Crippen molar-refractivity contribution in [2.24, 2.45) is 0 Å². The second kappa shape index (κ2) is 7.68. The van der Waals surface area contributed by atoms with Gasteiger partial charge in [0.25, 0.3) is 5.91 Å². The fourth-order valence-corrected chi connectivity index (χ4v) is 1.30. The van der Waals surface area contributed by atoms with E-state index in [2.05, 4.69) is 5.32 Å². The van der Waals surface area contributed by atoms with Gasteiger partial charge in [0.15, 0.2) is 6.61 Å². The molecule has 0 spiro atoms. The molecule has 0 aliphatic carbocycles. The summed E-state index contributed by atoms with van der Waals surface area (Å²) in [4.78, 5) is 22.5. The summed E-state index contributed by atoms with van der Waals surface area (Å²) in [7, 11) is 0. The topological polar surface area (TPSA) is 64.6 Å². The van der Waals surface area contributed by atoms with Crippen molar-refractivity contribution < 1.29 is 19.1 Å². The molecule has 1 rings (SSSR count). The minimum Gasteiger partial charge on any atom is -0.454 e. The SMILES string of the molecule is CCOCC(=O)OCC(=O)Nc1ccccc1Cl. The van der Waals surface area contributed by atoms with Crippen LogP contribution in [0.15, 0.2) is 24.3 Å². The Hall–Kier alpha value is -1.59. The van der Waals surface area contributed by atoms with Crippen LogP contribution in [0.4, 0.5) is 5.69 Å². The monoisotopic (exact) mass is 271 g/mol. The number of carbonyl (C=O) groups is 2. The number of benzene rings is 1. The molecule has 1 amide bonds. The molecule has 0 aliphatic rings. The van der Waals surface area contributed by atoms with Crippen LogP contribution >= 0.6 is 11.6 Å². The zero-order chi connectivity index (χ0) is 13.4. The Labute approximate surface area is 110 Å². The highest BCUT2D eigenvalue weighted by molar-refractivity contribution is 6.33. The Bertz CT molecular complexity index is 422. The molecule has 0 aromatic heterocycles. The molecule has 0 unspecified atom stereocenters. The summed E-state index contributed by atoms with van der Waals surface area (Å²) in [6.45, 7) is 1.66. The van der Waals surface area contributed by atoms with Gasteiger partial charge >= 0.3 is 5.97 Å². The average Bonchev–Trinajstić information content (AvgIpc) is 2.36. The zero-order valence-corrected chi connectivity index (χ0v) is 10.7. The van der Waals surface area contributed by atoms with Crippen molar-refractivity contribution in [1.82, 2.24) is 0 Å². The molecule has 0 atom stereocenters. The van der Waals surface area contributed by atoms with Crippen molar-refractivity contribution in [3.05, 3.63) is 29.3 Å². The summed E-state index contributed by atoms with van der Waals surface area (Å²) in [5.74, 6) is -1.03. The molecule has 0 fully saturated rings. The number of anilines is 1. The molecule has 98 valence electrons. The fraction of sp³-hybridized carbons (Fsp3) is 0.333. The molecule has 0 saturated heterocycles. The number of carbonyl (C=O) groups excluding carboxylic acids is 2. The van der Waals surface area contributed by atoms with Crippen molar-refractivity contribution in [3.8, 4) is 0 Å². The minimum atomic E-state index is -0.578. The van der Waals surface area contributed by atoms with Gasteiger partial charge in [0.2, 0.25) is 0 Å². The van der Waals surface area contributed by atoms with Crippen LogP contribution < -0.4 is 5.32 Å². The third kappa shape index (κ3) is 5.16. The summed E-state index contributed by atoms with van der Waals surface area (Å²) in [5, 5.41) is 2.96. The third-order valence-corrected chi connectivity index (χ3v) is 2.27. The van der Waals surface area contributed by atoms with Crippen molar-refractivity contribution in [1.29, 1.82) is 0 Å². The smallest absolute Gasteiger partial charge is 0.332 e. The number of ether oxygens (including phenoxy) is 2. The number of nitrogens with one attached hydrogen (secondary N) is 1. The van der Waals surface area contributed by atoms with Gasteiger partial charge in [-0.1, -0.05) is 23.7 Å². The highest BCUT2D eigenvalue weighted by Crippen LogP contribution is 2.20. The predicted molar refractivity (Wildman–Crippen MR) is 67.5 cm³/mol. The molecule has 0 bridgehead atoms. The van der Waals surface area contributed by atoms with E-state index in [0.717, 1.165) is 0 Å². The summed E-state index contributed by atoms with van der Waals surface area (Å²) in [6.07, 6.45) is 0. The van der Waals surface area contributed by atoms with Crippen LogP contribution in [-0.4, -0.2) is 31.7 Å². The van der Waals surface area contributed by atoms with Gasteiger partial charge in [-0.2, -0.15) is 0 Å². The quantitative estimate of drug-likeness (QED) is 0.802. The Morgan fingerprint density at radius 1 is 1.28 bits per heavy atom. The van der Waals surface area contributed by atoms with Crippen LogP contribution in [0.5, 0.6) is 0 Å². The number of para-hydroxylation sites is 1. The largest absolute Gasteiger partial charge is 0.454 e. The van der Waals surface area contributed by atoms with Crippen LogP contribution in [0.3, 0.4) is 0 Å². The van der Waals surface area contributed by atoms with Gasteiger partial charge in [0.1, 0.15) is 6.61 Å². The number of hydrogen-bond acceptors (Lipinski definition) is 4. The zero-order valence-electron chi connectivity index (χ0n) is 9.94. The Balaban J connectivity index is 2.34. The molecule has 0 saturated carbocycles. The van der Waals surface area contributed by atoms with Gasteiger partial charge < -0.3 is 14.8 Å². The summed E-state index contributed by atoms with van der Waals surface area (Å²) < 4.78 is 9.54. The maximum Gasteiger partial charge on any atom is 0.332 e. The van der Waals surface area contributed by atoms with E-state index in [4.69, 9.17) is 21.1 Å². The predicted octanol–water partition coefficient (Wildman–Crippen LogP) is 1.86. The molecule has 1 aromatic rings. The molecule has 0 radical (unpaired) electrons. The van der Waals surface area contributed by atoms with Crippen LogP contribution in [-0.2, 0) is 19.1 Å². The lowest BCUT2D eigenvalue weighted by Gasteiger charge is -2.07. The number of esters is 1. The number of hydrogen-bond donors (Lipinski definition) is 1. The Morgan fingerprint density at radius 3 is 2.67 bits per heavy atom. The molecule has 5 nitrogen and oxygen atoms in total. The van der Waals surface area contributed by atoms with E-state index in [1.165, 1.54) is 0 Å². The molecular formula is C12H14ClNO4. The lowest BCUT2D eigenvalue weighted by Crippen LogP contribution is -2.23. The Kier molecular flexibility index (Phi) is 6.18. The van der Waals surface area contributed by atoms with Crippen LogP contribution in [0.2, 0.25) is 5.02 Å². The third-order valence-electron chi connectivity index (χ3n) is 1.94. The standard InChI is InChI=1S/C12H14ClNO4/c1-2-17-8-12(16)18-7-11(15)14-10-6-4-3-5-9(10)13/h3-6H,2,7-8H2,1H3,(H,14,15). The maximum absolute atomic E-state index is 11.5. The molecule has 6 heteroatoms. The molecule has 1 aromatic carbocycles. The van der Waals surface area contributed by atoms with Gasteiger partial charge in [-0.25, -0.2) is 4.79 Å². The first-order chi connectivity index (χ1) is 8.63. The highest BCUT2D eigenvalue weighted by Gasteiger charge is 2.09. The lowest BCUT2D eigenvalue weighted by atomic mass is 10.3. The number of amides is 1. The van der Waals surface area contributed by atoms with Crippen LogP contribution in [0, 0.1) is 0 Å². The minimum absolute atomic E-state index is 0.157. The summed E-state index contributed by atoms with van der Waals surface area (Å²) in [6, 6.07) is 6.79. The van der Waals surface area contributed by atoms with Gasteiger partial charge in [-0.3, -0.25) is 4.79 Å². The summed E-state index contributed by atoms with van der Waals surface area (Å²) in [5.41, 5.74) is 0.477. The van der Waals surface area contributed by atoms with Crippen molar-refractivity contribution in [3.63, 3.8) is 0 Å². The fourth-order valence-electron chi connectivity index (χ4n) is 1.12. The van der Waals surface area contributed by atoms with E-state index < -0.39 is 11.9 Å². The first-order valence-electron chi connectivity index (χ1n) is 5.41. The van der Waals surface area contributed by atoms with E-state index in [1.807, 2.05) is 0 Å². The highest BCUT2D eigenvalue weighted by atomic mass is 35.5. The molecule has 0 aliphatic heterocycles. The van der Waals surface area contributed by atoms with Gasteiger partial charge in [-0.05, 0) is 19.1 Å². The van der Waals surface area contributed by atoms with E-state index in [0.29, 0.717) is 17.3 Å². The first-order valence-corrected chi connectivity index (χ1v) is 5.79. The van der Waals surface area contributed by atoms with E-state index >= 15 is 0 Å². The second-order valence-corrected chi connectivity index (χ2v) is 3.73. The van der Waals surface area contributed by atoms with E-state index in [9.17, 15) is 9.59 Å². The molecular weight excluding hydrogens is 258 g/mol. The van der Waals surface area contributed by atoms with Crippen LogP contribution in [0.1, 0.15) is 6.92 Å². The van der Waals surface area contributed by atoms with Crippen molar-refractivity contribution in [2.75, 3.05) is 25.1 Å². The average molecular weight is 272 g/mol. The van der Waals surface area contributed by atoms with Gasteiger partial charge in [-0.15, -0.1) is 0 Å². The van der Waals surface area contributed by atoms with Crippen molar-refractivity contribution in [2.45, 2.75) is 6.92 Å². The Morgan fingerprint density at radius 2 is 2.00 bits per heavy atom. The molecule has 18 heavy (non-hydrogen) atoms. The lowest BCUT2D eigenvalue weighted by molar-refractivity contribution is -0.151. The number of rotatable bonds is 6. The first kappa shape index (κ1) is 14.5. The van der Waals surface area contributed by atoms with Gasteiger partial charge in [0, 0.05) is 6.61 Å². The van der Waals surface area contributed by atoms with E-state index in [1.54, 1.807) is 31.2 Å². The molecule has 0 heterocycles. The summed E-state index contributed by atoms with van der Waals surface area (Å²) >= 11 is 5.86. The maximum atomic E-state index is 11.5. The molecule has 1 N–H and O–H groups in total. The second-order valence-electron chi connectivity index (χ2n) is 3.33. The van der Waals surface area contributed by atoms with E-state index in [-0.39, 0.29) is 13.2 Å².